The van der Waals surface area contributed by atoms with E-state index in [-0.39, 0.29) is 11.9 Å². The van der Waals surface area contributed by atoms with Gasteiger partial charge in [-0.05, 0) is 49.2 Å². The number of aryl methyl sites for hydroxylation is 1. The maximum atomic E-state index is 12.3. The van der Waals surface area contributed by atoms with E-state index in [1.807, 2.05) is 75.1 Å². The molecule has 0 aliphatic rings. The van der Waals surface area contributed by atoms with Crippen molar-refractivity contribution >= 4 is 29.0 Å². The number of hydrogen-bond donors (Lipinski definition) is 2. The predicted molar refractivity (Wildman–Crippen MR) is 132 cm³/mol. The molecule has 0 fully saturated rings. The molecular weight excluding hydrogens is 398 g/mol. The van der Waals surface area contributed by atoms with Gasteiger partial charge in [0.2, 0.25) is 11.9 Å². The minimum absolute atomic E-state index is 0.0238. The van der Waals surface area contributed by atoms with Crippen LogP contribution in [0, 0.1) is 12.3 Å². The highest BCUT2D eigenvalue weighted by Gasteiger charge is 2.21. The van der Waals surface area contributed by atoms with Gasteiger partial charge in [-0.25, -0.2) is 4.98 Å². The summed E-state index contributed by atoms with van der Waals surface area (Å²) in [4.78, 5) is 23.3. The lowest BCUT2D eigenvalue weighted by Crippen LogP contribution is -2.27. The molecule has 1 aromatic heterocycles. The Kier molecular flexibility index (Phi) is 6.93. The molecule has 0 aliphatic carbocycles. The van der Waals surface area contributed by atoms with Crippen molar-refractivity contribution in [3.63, 3.8) is 0 Å². The van der Waals surface area contributed by atoms with Gasteiger partial charge in [-0.2, -0.15) is 4.98 Å². The Morgan fingerprint density at radius 1 is 1.12 bits per heavy atom. The molecule has 0 saturated carbocycles. The largest absolute Gasteiger partial charge is 0.348 e. The van der Waals surface area contributed by atoms with Crippen LogP contribution in [0.25, 0.3) is 0 Å². The first kappa shape index (κ1) is 23.0. The maximum absolute atomic E-state index is 12.3. The average molecular weight is 430 g/mol. The Hall–Kier alpha value is -3.67. The molecule has 0 unspecified atom stereocenters. The van der Waals surface area contributed by atoms with Crippen molar-refractivity contribution < 1.29 is 4.79 Å². The molecule has 3 aromatic rings. The summed E-state index contributed by atoms with van der Waals surface area (Å²) in [6.45, 7) is 13.7. The van der Waals surface area contributed by atoms with Gasteiger partial charge in [0.1, 0.15) is 5.82 Å². The quantitative estimate of drug-likeness (QED) is 0.466. The highest BCUT2D eigenvalue weighted by molar-refractivity contribution is 5.94. The molecule has 1 heterocycles. The van der Waals surface area contributed by atoms with E-state index in [9.17, 15) is 4.79 Å². The van der Waals surface area contributed by atoms with Gasteiger partial charge in [-0.3, -0.25) is 4.79 Å². The van der Waals surface area contributed by atoms with Gasteiger partial charge in [-0.15, -0.1) is 0 Å². The fourth-order valence-electron chi connectivity index (χ4n) is 3.21. The summed E-state index contributed by atoms with van der Waals surface area (Å²) in [7, 11) is 0. The monoisotopic (exact) mass is 429 g/mol. The third kappa shape index (κ3) is 5.52. The molecule has 2 aromatic carbocycles. The highest BCUT2D eigenvalue weighted by Crippen LogP contribution is 2.30. The topological polar surface area (TPSA) is 70.2 Å². The zero-order valence-electron chi connectivity index (χ0n) is 19.4. The van der Waals surface area contributed by atoms with E-state index in [0.29, 0.717) is 11.8 Å². The number of carbonyl (C=O) groups is 1. The van der Waals surface area contributed by atoms with Crippen molar-refractivity contribution in [3.8, 4) is 0 Å². The van der Waals surface area contributed by atoms with E-state index >= 15 is 0 Å². The van der Waals surface area contributed by atoms with Crippen molar-refractivity contribution in [2.75, 3.05) is 15.5 Å². The lowest BCUT2D eigenvalue weighted by atomic mass is 9.95. The fraction of sp³-hybridized carbons (Fsp3) is 0.269. The maximum Gasteiger partial charge on any atom is 0.229 e. The van der Waals surface area contributed by atoms with E-state index in [2.05, 4.69) is 41.3 Å². The first-order valence-electron chi connectivity index (χ1n) is 10.7. The van der Waals surface area contributed by atoms with E-state index in [1.165, 1.54) is 0 Å². The minimum atomic E-state index is -0.457. The van der Waals surface area contributed by atoms with Crippen molar-refractivity contribution in [3.05, 3.63) is 84.7 Å². The number of nitrogens with one attached hydrogen (secondary N) is 2. The van der Waals surface area contributed by atoms with Crippen LogP contribution in [0.5, 0.6) is 0 Å². The van der Waals surface area contributed by atoms with Crippen LogP contribution in [-0.4, -0.2) is 15.9 Å². The second-order valence-corrected chi connectivity index (χ2v) is 8.77. The molecular formula is C26H31N5O. The van der Waals surface area contributed by atoms with Crippen LogP contribution in [0.15, 0.2) is 73.6 Å². The number of carbonyl (C=O) groups excluding carboxylic acids is 1. The van der Waals surface area contributed by atoms with Crippen LogP contribution in [0.3, 0.4) is 0 Å². The van der Waals surface area contributed by atoms with Gasteiger partial charge in [-0.1, -0.05) is 57.7 Å². The second-order valence-electron chi connectivity index (χ2n) is 8.77. The Balaban J connectivity index is 1.82. The number of aromatic nitrogens is 2. The van der Waals surface area contributed by atoms with E-state index in [4.69, 9.17) is 4.98 Å². The standard InChI is InChI=1S/C26H31N5O/c1-7-31(22-14-13-21(17-18(22)2)29-24(32)26(4,5)6)23-15-16-27-25(30-23)28-19(3)20-11-9-8-10-12-20/h7-17,19H,1H2,2-6H3,(H,29,32)(H,27,28,30)/t19-/m0/s1. The first-order chi connectivity index (χ1) is 15.2. The van der Waals surface area contributed by atoms with E-state index in [0.717, 1.165) is 22.5 Å². The second kappa shape index (κ2) is 9.64. The normalized spacial score (nSPS) is 12.0. The summed E-state index contributed by atoms with van der Waals surface area (Å²) >= 11 is 0. The van der Waals surface area contributed by atoms with Crippen LogP contribution >= 0.6 is 0 Å². The van der Waals surface area contributed by atoms with Gasteiger partial charge < -0.3 is 15.5 Å². The summed E-state index contributed by atoms with van der Waals surface area (Å²) in [5.74, 6) is 1.22. The van der Waals surface area contributed by atoms with Crippen LogP contribution in [0.1, 0.15) is 44.9 Å². The summed E-state index contributed by atoms with van der Waals surface area (Å²) in [5.41, 5.74) is 3.38. The van der Waals surface area contributed by atoms with Crippen molar-refractivity contribution in [2.24, 2.45) is 5.41 Å². The third-order valence-corrected chi connectivity index (χ3v) is 5.11. The summed E-state index contributed by atoms with van der Waals surface area (Å²) in [5, 5.41) is 6.33. The SMILES string of the molecule is C=CN(c1ccnc(N[C@@H](C)c2ccccc2)n1)c1ccc(NC(=O)C(C)(C)C)cc1C. The molecule has 166 valence electrons. The Morgan fingerprint density at radius 2 is 1.84 bits per heavy atom. The zero-order chi connectivity index (χ0) is 23.3. The highest BCUT2D eigenvalue weighted by atomic mass is 16.2. The summed E-state index contributed by atoms with van der Waals surface area (Å²) in [6.07, 6.45) is 3.45. The van der Waals surface area contributed by atoms with Crippen LogP contribution in [0.2, 0.25) is 0 Å². The van der Waals surface area contributed by atoms with Crippen molar-refractivity contribution in [2.45, 2.75) is 40.7 Å². The minimum Gasteiger partial charge on any atom is -0.348 e. The lowest BCUT2D eigenvalue weighted by Gasteiger charge is -2.23. The number of benzene rings is 2. The third-order valence-electron chi connectivity index (χ3n) is 5.11. The smallest absolute Gasteiger partial charge is 0.229 e. The Bertz CT molecular complexity index is 1090. The zero-order valence-corrected chi connectivity index (χ0v) is 19.4. The van der Waals surface area contributed by atoms with Crippen LogP contribution in [0.4, 0.5) is 23.1 Å². The average Bonchev–Trinajstić information content (AvgIpc) is 2.76. The molecule has 3 rings (SSSR count). The molecule has 2 N–H and O–H groups in total. The molecule has 0 spiro atoms. The number of rotatable bonds is 7. The van der Waals surface area contributed by atoms with E-state index < -0.39 is 5.41 Å². The molecule has 1 atom stereocenters. The van der Waals surface area contributed by atoms with Gasteiger partial charge in [0.05, 0.1) is 11.7 Å². The lowest BCUT2D eigenvalue weighted by molar-refractivity contribution is -0.123. The molecule has 1 amide bonds. The molecule has 32 heavy (non-hydrogen) atoms. The number of nitrogens with zero attached hydrogens (tertiary/aromatic N) is 3. The number of amides is 1. The van der Waals surface area contributed by atoms with Crippen LogP contribution in [-0.2, 0) is 4.79 Å². The Labute approximate surface area is 190 Å². The number of anilines is 4. The molecule has 0 bridgehead atoms. The van der Waals surface area contributed by atoms with Gasteiger partial charge in [0.15, 0.2) is 0 Å². The fourth-order valence-corrected chi connectivity index (χ4v) is 3.21. The molecule has 0 saturated heterocycles. The van der Waals surface area contributed by atoms with Gasteiger partial charge >= 0.3 is 0 Å². The summed E-state index contributed by atoms with van der Waals surface area (Å²) < 4.78 is 0. The molecule has 0 aliphatic heterocycles. The van der Waals surface area contributed by atoms with Gasteiger partial charge in [0.25, 0.3) is 0 Å². The van der Waals surface area contributed by atoms with E-state index in [1.54, 1.807) is 12.4 Å². The summed E-state index contributed by atoms with van der Waals surface area (Å²) in [6, 6.07) is 17.9. The first-order valence-corrected chi connectivity index (χ1v) is 10.7. The molecule has 0 radical (unpaired) electrons. The molecule has 6 heteroatoms. The van der Waals surface area contributed by atoms with Crippen molar-refractivity contribution in [1.29, 1.82) is 0 Å². The predicted octanol–water partition coefficient (Wildman–Crippen LogP) is 6.22. The van der Waals surface area contributed by atoms with Gasteiger partial charge in [0, 0.05) is 23.5 Å². The Morgan fingerprint density at radius 3 is 2.47 bits per heavy atom. The van der Waals surface area contributed by atoms with Crippen molar-refractivity contribution in [1.82, 2.24) is 9.97 Å². The number of hydrogen-bond acceptors (Lipinski definition) is 5. The molecule has 6 nitrogen and oxygen atoms in total. The van der Waals surface area contributed by atoms with Crippen LogP contribution < -0.4 is 15.5 Å².